The van der Waals surface area contributed by atoms with Crippen LogP contribution in [0, 0.1) is 0 Å². The molecule has 0 radical (unpaired) electrons. The van der Waals surface area contributed by atoms with E-state index in [-0.39, 0.29) is 11.4 Å². The zero-order valence-electron chi connectivity index (χ0n) is 17.8. The maximum absolute atomic E-state index is 13.4. The SMILES string of the molecule is CCOc1ccccc1C(=O)N1CCC(c2nnnn2CCOC)(N2CCCC2)C1. The van der Waals surface area contributed by atoms with Crippen LogP contribution in [0.25, 0.3) is 0 Å². The fourth-order valence-corrected chi connectivity index (χ4v) is 4.66. The Morgan fingerprint density at radius 2 is 2.00 bits per heavy atom. The topological polar surface area (TPSA) is 85.6 Å². The number of benzene rings is 1. The molecule has 0 aliphatic carbocycles. The van der Waals surface area contributed by atoms with E-state index in [9.17, 15) is 4.79 Å². The van der Waals surface area contributed by atoms with Crippen molar-refractivity contribution in [3.8, 4) is 5.75 Å². The largest absolute Gasteiger partial charge is 0.493 e. The third kappa shape index (κ3) is 3.79. The smallest absolute Gasteiger partial charge is 0.257 e. The number of likely N-dealkylation sites (tertiary alicyclic amines) is 2. The van der Waals surface area contributed by atoms with Gasteiger partial charge in [-0.15, -0.1) is 5.10 Å². The highest BCUT2D eigenvalue weighted by Crippen LogP contribution is 2.39. The van der Waals surface area contributed by atoms with Crippen LogP contribution in [0.2, 0.25) is 0 Å². The highest BCUT2D eigenvalue weighted by atomic mass is 16.5. The first-order chi connectivity index (χ1) is 14.7. The second-order valence-corrected chi connectivity index (χ2v) is 7.85. The normalized spacial score (nSPS) is 22.0. The van der Waals surface area contributed by atoms with Gasteiger partial charge in [-0.2, -0.15) is 0 Å². The lowest BCUT2D eigenvalue weighted by Crippen LogP contribution is -2.49. The Morgan fingerprint density at radius 3 is 2.77 bits per heavy atom. The van der Waals surface area contributed by atoms with Crippen LogP contribution in [0.5, 0.6) is 5.75 Å². The first-order valence-electron chi connectivity index (χ1n) is 10.7. The summed E-state index contributed by atoms with van der Waals surface area (Å²) in [4.78, 5) is 17.8. The first kappa shape index (κ1) is 20.7. The highest BCUT2D eigenvalue weighted by molar-refractivity contribution is 5.97. The molecule has 9 nitrogen and oxygen atoms in total. The summed E-state index contributed by atoms with van der Waals surface area (Å²) < 4.78 is 12.8. The summed E-state index contributed by atoms with van der Waals surface area (Å²) in [6.45, 7) is 6.80. The zero-order chi connectivity index (χ0) is 21.0. The second-order valence-electron chi connectivity index (χ2n) is 7.85. The molecular formula is C21H30N6O3. The number of carbonyl (C=O) groups is 1. The van der Waals surface area contributed by atoms with Crippen LogP contribution in [0.3, 0.4) is 0 Å². The van der Waals surface area contributed by atoms with E-state index in [0.717, 1.165) is 38.2 Å². The lowest BCUT2D eigenvalue weighted by atomic mass is 9.95. The van der Waals surface area contributed by atoms with Gasteiger partial charge in [-0.1, -0.05) is 12.1 Å². The molecule has 4 rings (SSSR count). The molecule has 30 heavy (non-hydrogen) atoms. The minimum Gasteiger partial charge on any atom is -0.493 e. The summed E-state index contributed by atoms with van der Waals surface area (Å²) in [5.74, 6) is 1.46. The number of hydrogen-bond acceptors (Lipinski definition) is 7. The Hall–Kier alpha value is -2.52. The van der Waals surface area contributed by atoms with Crippen molar-refractivity contribution < 1.29 is 14.3 Å². The fourth-order valence-electron chi connectivity index (χ4n) is 4.66. The predicted octanol–water partition coefficient (Wildman–Crippen LogP) is 1.56. The van der Waals surface area contributed by atoms with E-state index in [1.54, 1.807) is 7.11 Å². The van der Waals surface area contributed by atoms with Crippen LogP contribution in [-0.2, 0) is 16.8 Å². The molecule has 3 heterocycles. The number of amides is 1. The molecule has 1 unspecified atom stereocenters. The number of carbonyl (C=O) groups excluding carboxylic acids is 1. The minimum atomic E-state index is -0.371. The lowest BCUT2D eigenvalue weighted by Gasteiger charge is -2.37. The Bertz CT molecular complexity index is 866. The van der Waals surface area contributed by atoms with E-state index >= 15 is 0 Å². The summed E-state index contributed by atoms with van der Waals surface area (Å²) in [5.41, 5.74) is 0.236. The molecular weight excluding hydrogens is 384 g/mol. The van der Waals surface area contributed by atoms with Crippen molar-refractivity contribution in [2.45, 2.75) is 38.3 Å². The maximum atomic E-state index is 13.4. The van der Waals surface area contributed by atoms with Gasteiger partial charge < -0.3 is 14.4 Å². The first-order valence-corrected chi connectivity index (χ1v) is 10.7. The quantitative estimate of drug-likeness (QED) is 0.648. The Morgan fingerprint density at radius 1 is 1.20 bits per heavy atom. The van der Waals surface area contributed by atoms with Crippen LogP contribution in [0.1, 0.15) is 42.4 Å². The average Bonchev–Trinajstić information content (AvgIpc) is 3.53. The summed E-state index contributed by atoms with van der Waals surface area (Å²) in [6, 6.07) is 7.46. The van der Waals surface area contributed by atoms with Gasteiger partial charge in [-0.3, -0.25) is 9.69 Å². The van der Waals surface area contributed by atoms with Gasteiger partial charge in [0.05, 0.1) is 25.3 Å². The molecule has 2 aliphatic heterocycles. The number of aromatic nitrogens is 4. The van der Waals surface area contributed by atoms with Gasteiger partial charge in [-0.05, 0) is 61.8 Å². The zero-order valence-corrected chi connectivity index (χ0v) is 17.8. The van der Waals surface area contributed by atoms with E-state index in [0.29, 0.717) is 44.2 Å². The summed E-state index contributed by atoms with van der Waals surface area (Å²) in [5, 5.41) is 12.6. The lowest BCUT2D eigenvalue weighted by molar-refractivity contribution is 0.0694. The number of tetrazole rings is 1. The number of rotatable bonds is 8. The highest BCUT2D eigenvalue weighted by Gasteiger charge is 2.50. The van der Waals surface area contributed by atoms with E-state index in [1.165, 1.54) is 0 Å². The summed E-state index contributed by atoms with van der Waals surface area (Å²) >= 11 is 0. The molecule has 1 aromatic heterocycles. The van der Waals surface area contributed by atoms with Crippen molar-refractivity contribution in [2.24, 2.45) is 0 Å². The molecule has 0 spiro atoms. The van der Waals surface area contributed by atoms with Gasteiger partial charge in [-0.25, -0.2) is 4.68 Å². The minimum absolute atomic E-state index is 0.00367. The molecule has 2 fully saturated rings. The third-order valence-corrected chi connectivity index (χ3v) is 6.12. The molecule has 9 heteroatoms. The molecule has 1 amide bonds. The van der Waals surface area contributed by atoms with E-state index in [1.807, 2.05) is 40.8 Å². The molecule has 1 atom stereocenters. The average molecular weight is 415 g/mol. The molecule has 2 aliphatic rings. The predicted molar refractivity (Wildman–Crippen MR) is 110 cm³/mol. The van der Waals surface area contributed by atoms with Crippen LogP contribution < -0.4 is 4.74 Å². The number of para-hydroxylation sites is 1. The van der Waals surface area contributed by atoms with E-state index in [2.05, 4.69) is 20.4 Å². The Kier molecular flexibility index (Phi) is 6.29. The molecule has 2 aromatic rings. The van der Waals surface area contributed by atoms with Crippen molar-refractivity contribution in [1.29, 1.82) is 0 Å². The van der Waals surface area contributed by atoms with Gasteiger partial charge >= 0.3 is 0 Å². The van der Waals surface area contributed by atoms with Crippen molar-refractivity contribution >= 4 is 5.91 Å². The Balaban J connectivity index is 1.63. The summed E-state index contributed by atoms with van der Waals surface area (Å²) in [6.07, 6.45) is 3.12. The molecule has 0 saturated carbocycles. The third-order valence-electron chi connectivity index (χ3n) is 6.12. The molecule has 2 saturated heterocycles. The van der Waals surface area contributed by atoms with Crippen molar-refractivity contribution in [2.75, 3.05) is 46.5 Å². The van der Waals surface area contributed by atoms with Gasteiger partial charge in [0.1, 0.15) is 11.3 Å². The number of hydrogen-bond donors (Lipinski definition) is 0. The Labute approximate surface area is 176 Å². The van der Waals surface area contributed by atoms with Crippen LogP contribution in [0.4, 0.5) is 0 Å². The van der Waals surface area contributed by atoms with Crippen molar-refractivity contribution in [3.05, 3.63) is 35.7 Å². The fraction of sp³-hybridized carbons (Fsp3) is 0.619. The number of methoxy groups -OCH3 is 1. The van der Waals surface area contributed by atoms with E-state index < -0.39 is 0 Å². The van der Waals surface area contributed by atoms with Gasteiger partial charge in [0, 0.05) is 20.2 Å². The number of nitrogens with zero attached hydrogens (tertiary/aromatic N) is 6. The maximum Gasteiger partial charge on any atom is 0.257 e. The second kappa shape index (κ2) is 9.09. The van der Waals surface area contributed by atoms with Crippen LogP contribution in [0.15, 0.2) is 24.3 Å². The molecule has 0 N–H and O–H groups in total. The molecule has 1 aromatic carbocycles. The van der Waals surface area contributed by atoms with Gasteiger partial charge in [0.2, 0.25) is 0 Å². The van der Waals surface area contributed by atoms with Gasteiger partial charge in [0.25, 0.3) is 5.91 Å². The van der Waals surface area contributed by atoms with Crippen LogP contribution >= 0.6 is 0 Å². The number of ether oxygens (including phenoxy) is 2. The van der Waals surface area contributed by atoms with Crippen LogP contribution in [-0.4, -0.2) is 82.4 Å². The molecule has 0 bridgehead atoms. The standard InChI is InChI=1S/C21H30N6O3/c1-3-30-18-9-5-4-8-17(18)19(28)25-13-10-21(16-25,26-11-6-7-12-26)20-22-23-24-27(20)14-15-29-2/h4-5,8-9H,3,6-7,10-16H2,1-2H3. The molecule has 162 valence electrons. The van der Waals surface area contributed by atoms with Gasteiger partial charge in [0.15, 0.2) is 5.82 Å². The summed E-state index contributed by atoms with van der Waals surface area (Å²) in [7, 11) is 1.67. The van der Waals surface area contributed by atoms with E-state index in [4.69, 9.17) is 9.47 Å². The van der Waals surface area contributed by atoms with Crippen molar-refractivity contribution in [1.82, 2.24) is 30.0 Å². The van der Waals surface area contributed by atoms with Crippen molar-refractivity contribution in [3.63, 3.8) is 0 Å². The monoisotopic (exact) mass is 414 g/mol.